The summed E-state index contributed by atoms with van der Waals surface area (Å²) in [4.78, 5) is 0. The fraction of sp³-hybridized carbons (Fsp3) is 0. The van der Waals surface area contributed by atoms with Gasteiger partial charge < -0.3 is 10.2 Å². The molecular formula is C14H9ClO2. The van der Waals surface area contributed by atoms with Crippen molar-refractivity contribution in [2.75, 3.05) is 0 Å². The molecular weight excluding hydrogens is 236 g/mol. The molecule has 3 aromatic carbocycles. The van der Waals surface area contributed by atoms with Gasteiger partial charge in [0.1, 0.15) is 16.5 Å². The molecule has 3 aromatic rings. The first-order chi connectivity index (χ1) is 8.16. The number of phenolic OH excluding ortho intramolecular Hbond substituents is 2. The van der Waals surface area contributed by atoms with Crippen LogP contribution >= 0.6 is 11.6 Å². The highest BCUT2D eigenvalue weighted by Gasteiger charge is 2.10. The third-order valence-electron chi connectivity index (χ3n) is 2.90. The zero-order valence-electron chi connectivity index (χ0n) is 8.81. The van der Waals surface area contributed by atoms with Gasteiger partial charge in [0.25, 0.3) is 0 Å². The third-order valence-corrected chi connectivity index (χ3v) is 3.27. The normalized spacial score (nSPS) is 11.1. The van der Waals surface area contributed by atoms with Gasteiger partial charge in [0, 0.05) is 5.39 Å². The topological polar surface area (TPSA) is 40.5 Å². The second-order valence-corrected chi connectivity index (χ2v) is 4.36. The van der Waals surface area contributed by atoms with Gasteiger partial charge in [0.2, 0.25) is 0 Å². The highest BCUT2D eigenvalue weighted by atomic mass is 35.5. The van der Waals surface area contributed by atoms with E-state index >= 15 is 0 Å². The highest BCUT2D eigenvalue weighted by molar-refractivity contribution is 6.34. The van der Waals surface area contributed by atoms with Gasteiger partial charge >= 0.3 is 0 Å². The summed E-state index contributed by atoms with van der Waals surface area (Å²) < 4.78 is 0. The molecule has 0 aliphatic rings. The van der Waals surface area contributed by atoms with Gasteiger partial charge in [-0.1, -0.05) is 35.9 Å². The van der Waals surface area contributed by atoms with Crippen molar-refractivity contribution in [1.82, 2.24) is 0 Å². The molecule has 3 rings (SSSR count). The van der Waals surface area contributed by atoms with Gasteiger partial charge in [-0.25, -0.2) is 0 Å². The fourth-order valence-corrected chi connectivity index (χ4v) is 2.19. The van der Waals surface area contributed by atoms with Crippen molar-refractivity contribution in [2.45, 2.75) is 0 Å². The molecule has 0 saturated heterocycles. The standard InChI is InChI=1S/C14H9ClO2/c15-13-12(16)7-10-5-8-3-1-2-4-9(8)6-11(10)14(13)17/h1-7,16-17H. The lowest BCUT2D eigenvalue weighted by Gasteiger charge is -2.07. The molecule has 0 aliphatic heterocycles. The summed E-state index contributed by atoms with van der Waals surface area (Å²) in [6.07, 6.45) is 0. The molecule has 84 valence electrons. The summed E-state index contributed by atoms with van der Waals surface area (Å²) in [7, 11) is 0. The summed E-state index contributed by atoms with van der Waals surface area (Å²) in [6, 6.07) is 13.2. The summed E-state index contributed by atoms with van der Waals surface area (Å²) in [5.74, 6) is -0.181. The molecule has 0 aromatic heterocycles. The molecule has 0 amide bonds. The number of hydrogen-bond acceptors (Lipinski definition) is 2. The van der Waals surface area contributed by atoms with Crippen LogP contribution in [0.5, 0.6) is 11.5 Å². The van der Waals surface area contributed by atoms with Crippen LogP contribution in [0.2, 0.25) is 5.02 Å². The molecule has 0 atom stereocenters. The van der Waals surface area contributed by atoms with E-state index < -0.39 is 0 Å². The maximum atomic E-state index is 9.91. The summed E-state index contributed by atoms with van der Waals surface area (Å²) in [6.45, 7) is 0. The van der Waals surface area contributed by atoms with E-state index in [4.69, 9.17) is 11.6 Å². The van der Waals surface area contributed by atoms with E-state index in [1.54, 1.807) is 6.07 Å². The van der Waals surface area contributed by atoms with Gasteiger partial charge in [-0.2, -0.15) is 0 Å². The second-order valence-electron chi connectivity index (χ2n) is 3.98. The number of phenols is 2. The minimum absolute atomic E-state index is 0.00668. The molecule has 2 nitrogen and oxygen atoms in total. The van der Waals surface area contributed by atoms with Crippen molar-refractivity contribution in [3.63, 3.8) is 0 Å². The second kappa shape index (κ2) is 3.54. The monoisotopic (exact) mass is 244 g/mol. The molecule has 3 heteroatoms. The molecule has 0 radical (unpaired) electrons. The largest absolute Gasteiger partial charge is 0.506 e. The Morgan fingerprint density at radius 2 is 1.47 bits per heavy atom. The van der Waals surface area contributed by atoms with E-state index in [1.165, 1.54) is 0 Å². The molecule has 0 saturated carbocycles. The van der Waals surface area contributed by atoms with Crippen LogP contribution in [-0.4, -0.2) is 10.2 Å². The lowest BCUT2D eigenvalue weighted by molar-refractivity contribution is 0.455. The Morgan fingerprint density at radius 1 is 0.824 bits per heavy atom. The molecule has 0 unspecified atom stereocenters. The third kappa shape index (κ3) is 1.49. The Labute approximate surface area is 103 Å². The van der Waals surface area contributed by atoms with E-state index in [1.807, 2.05) is 36.4 Å². The first kappa shape index (κ1) is 10.2. The van der Waals surface area contributed by atoms with Crippen molar-refractivity contribution >= 4 is 33.1 Å². The first-order valence-electron chi connectivity index (χ1n) is 5.20. The molecule has 0 fully saturated rings. The Kier molecular flexibility index (Phi) is 2.13. The zero-order chi connectivity index (χ0) is 12.0. The predicted octanol–water partition coefficient (Wildman–Crippen LogP) is 4.06. The Bertz CT molecular complexity index is 735. The molecule has 0 spiro atoms. The average Bonchev–Trinajstić information content (AvgIpc) is 2.34. The Balaban J connectivity index is 2.52. The van der Waals surface area contributed by atoms with Crippen LogP contribution in [0.15, 0.2) is 42.5 Å². The summed E-state index contributed by atoms with van der Waals surface area (Å²) >= 11 is 5.81. The molecule has 0 bridgehead atoms. The summed E-state index contributed by atoms with van der Waals surface area (Å²) in [5, 5.41) is 23.0. The maximum Gasteiger partial charge on any atom is 0.145 e. The van der Waals surface area contributed by atoms with Gasteiger partial charge in [0.05, 0.1) is 0 Å². The SMILES string of the molecule is Oc1cc2cc3ccccc3cc2c(O)c1Cl. The maximum absolute atomic E-state index is 9.91. The number of fused-ring (bicyclic) bond motifs is 2. The van der Waals surface area contributed by atoms with E-state index in [-0.39, 0.29) is 16.5 Å². The van der Waals surface area contributed by atoms with Crippen LogP contribution in [0.4, 0.5) is 0 Å². The van der Waals surface area contributed by atoms with Crippen molar-refractivity contribution in [1.29, 1.82) is 0 Å². The molecule has 0 heterocycles. The number of hydrogen-bond donors (Lipinski definition) is 2. The van der Waals surface area contributed by atoms with Gasteiger partial charge in [-0.05, 0) is 34.4 Å². The Hall–Kier alpha value is -1.93. The molecule has 2 N–H and O–H groups in total. The van der Waals surface area contributed by atoms with Crippen LogP contribution in [0.1, 0.15) is 0 Å². The number of halogens is 1. The van der Waals surface area contributed by atoms with Gasteiger partial charge in [-0.15, -0.1) is 0 Å². The van der Waals surface area contributed by atoms with Gasteiger partial charge in [-0.3, -0.25) is 0 Å². The minimum Gasteiger partial charge on any atom is -0.506 e. The van der Waals surface area contributed by atoms with Crippen LogP contribution in [0.3, 0.4) is 0 Å². The number of benzene rings is 3. The van der Waals surface area contributed by atoms with E-state index in [0.717, 1.165) is 16.2 Å². The van der Waals surface area contributed by atoms with Crippen molar-refractivity contribution in [2.24, 2.45) is 0 Å². The highest BCUT2D eigenvalue weighted by Crippen LogP contribution is 2.40. The first-order valence-corrected chi connectivity index (χ1v) is 5.57. The van der Waals surface area contributed by atoms with Gasteiger partial charge in [0.15, 0.2) is 0 Å². The lowest BCUT2D eigenvalue weighted by atomic mass is 10.0. The summed E-state index contributed by atoms with van der Waals surface area (Å²) in [5.41, 5.74) is 0. The Morgan fingerprint density at radius 3 is 2.18 bits per heavy atom. The predicted molar refractivity (Wildman–Crippen MR) is 69.8 cm³/mol. The molecule has 17 heavy (non-hydrogen) atoms. The van der Waals surface area contributed by atoms with E-state index in [9.17, 15) is 10.2 Å². The fourth-order valence-electron chi connectivity index (χ4n) is 2.03. The van der Waals surface area contributed by atoms with E-state index in [0.29, 0.717) is 5.39 Å². The number of aromatic hydroxyl groups is 2. The minimum atomic E-state index is -0.105. The lowest BCUT2D eigenvalue weighted by Crippen LogP contribution is -1.79. The number of rotatable bonds is 0. The van der Waals surface area contributed by atoms with Crippen molar-refractivity contribution in [3.05, 3.63) is 47.5 Å². The smallest absolute Gasteiger partial charge is 0.145 e. The van der Waals surface area contributed by atoms with Crippen LogP contribution in [0.25, 0.3) is 21.5 Å². The zero-order valence-corrected chi connectivity index (χ0v) is 9.57. The molecule has 0 aliphatic carbocycles. The van der Waals surface area contributed by atoms with E-state index in [2.05, 4.69) is 0 Å². The van der Waals surface area contributed by atoms with Crippen LogP contribution in [0, 0.1) is 0 Å². The van der Waals surface area contributed by atoms with Crippen LogP contribution < -0.4 is 0 Å². The quantitative estimate of drug-likeness (QED) is 0.586. The average molecular weight is 245 g/mol. The van der Waals surface area contributed by atoms with Crippen molar-refractivity contribution in [3.8, 4) is 11.5 Å². The van der Waals surface area contributed by atoms with Crippen LogP contribution in [-0.2, 0) is 0 Å². The van der Waals surface area contributed by atoms with Crippen molar-refractivity contribution < 1.29 is 10.2 Å².